The number of hydrogen-bond acceptors (Lipinski definition) is 6. The SMILES string of the molecule is O=C(Nc1nc(-c2ccccc2)cc(C(F)(F)F)n1)NS(=O)(=O)Oc1ccccc1. The number of para-hydroxylation sites is 1. The van der Waals surface area contributed by atoms with E-state index in [0.717, 1.165) is 0 Å². The predicted molar refractivity (Wildman–Crippen MR) is 101 cm³/mol. The molecule has 0 unspecified atom stereocenters. The minimum atomic E-state index is -4.82. The highest BCUT2D eigenvalue weighted by atomic mass is 32.2. The van der Waals surface area contributed by atoms with E-state index in [0.29, 0.717) is 11.6 Å². The highest BCUT2D eigenvalue weighted by molar-refractivity contribution is 7.85. The van der Waals surface area contributed by atoms with Crippen LogP contribution in [0.15, 0.2) is 66.7 Å². The molecule has 0 radical (unpaired) electrons. The lowest BCUT2D eigenvalue weighted by molar-refractivity contribution is -0.141. The Hall–Kier alpha value is -3.67. The Morgan fingerprint density at radius 1 is 0.933 bits per heavy atom. The molecule has 3 aromatic rings. The average molecular weight is 438 g/mol. The maximum absolute atomic E-state index is 13.2. The Morgan fingerprint density at radius 2 is 1.53 bits per heavy atom. The molecule has 0 fully saturated rings. The molecule has 8 nitrogen and oxygen atoms in total. The Labute approximate surface area is 169 Å². The minimum Gasteiger partial charge on any atom is -0.367 e. The number of carbonyl (C=O) groups excluding carboxylic acids is 1. The molecule has 2 aromatic carbocycles. The van der Waals surface area contributed by atoms with Crippen molar-refractivity contribution in [2.45, 2.75) is 6.18 Å². The summed E-state index contributed by atoms with van der Waals surface area (Å²) in [5.74, 6) is -0.810. The summed E-state index contributed by atoms with van der Waals surface area (Å²) in [4.78, 5) is 19.1. The molecule has 0 spiro atoms. The monoisotopic (exact) mass is 438 g/mol. The topological polar surface area (TPSA) is 110 Å². The van der Waals surface area contributed by atoms with Gasteiger partial charge >= 0.3 is 22.5 Å². The van der Waals surface area contributed by atoms with Crippen LogP contribution < -0.4 is 14.2 Å². The van der Waals surface area contributed by atoms with Crippen LogP contribution in [0.2, 0.25) is 0 Å². The van der Waals surface area contributed by atoms with E-state index >= 15 is 0 Å². The highest BCUT2D eigenvalue weighted by Crippen LogP contribution is 2.31. The van der Waals surface area contributed by atoms with Gasteiger partial charge < -0.3 is 4.18 Å². The Kier molecular flexibility index (Phi) is 5.87. The van der Waals surface area contributed by atoms with Crippen LogP contribution >= 0.6 is 0 Å². The number of urea groups is 1. The minimum absolute atomic E-state index is 0.0699. The van der Waals surface area contributed by atoms with Crippen molar-refractivity contribution in [3.05, 3.63) is 72.4 Å². The van der Waals surface area contributed by atoms with Crippen molar-refractivity contribution >= 4 is 22.3 Å². The molecule has 0 aliphatic heterocycles. The van der Waals surface area contributed by atoms with E-state index < -0.39 is 34.2 Å². The zero-order valence-corrected chi connectivity index (χ0v) is 15.7. The summed E-state index contributed by atoms with van der Waals surface area (Å²) in [6.07, 6.45) is -4.82. The first kappa shape index (κ1) is 21.0. The van der Waals surface area contributed by atoms with E-state index in [1.165, 1.54) is 41.1 Å². The lowest BCUT2D eigenvalue weighted by Crippen LogP contribution is -2.37. The summed E-state index contributed by atoms with van der Waals surface area (Å²) in [6.45, 7) is 0. The van der Waals surface area contributed by atoms with E-state index in [4.69, 9.17) is 0 Å². The molecule has 0 bridgehead atoms. The van der Waals surface area contributed by atoms with E-state index in [2.05, 4.69) is 14.2 Å². The number of alkyl halides is 3. The summed E-state index contributed by atoms with van der Waals surface area (Å²) < 4.78 is 69.5. The molecule has 1 heterocycles. The van der Waals surface area contributed by atoms with Crippen molar-refractivity contribution in [2.24, 2.45) is 0 Å². The number of amides is 2. The van der Waals surface area contributed by atoms with Gasteiger partial charge in [0.2, 0.25) is 5.95 Å². The molecular formula is C18H13F3N4O4S. The normalized spacial score (nSPS) is 11.6. The van der Waals surface area contributed by atoms with Gasteiger partial charge in [0.05, 0.1) is 5.69 Å². The van der Waals surface area contributed by atoms with Gasteiger partial charge in [-0.2, -0.15) is 21.6 Å². The van der Waals surface area contributed by atoms with Crippen molar-refractivity contribution in [1.29, 1.82) is 0 Å². The van der Waals surface area contributed by atoms with Gasteiger partial charge in [0.15, 0.2) is 5.69 Å². The number of anilines is 1. The Morgan fingerprint density at radius 3 is 2.13 bits per heavy atom. The molecule has 1 aromatic heterocycles. The zero-order chi connectivity index (χ0) is 21.8. The summed E-state index contributed by atoms with van der Waals surface area (Å²) >= 11 is 0. The summed E-state index contributed by atoms with van der Waals surface area (Å²) in [7, 11) is -4.59. The first-order valence-electron chi connectivity index (χ1n) is 8.22. The van der Waals surface area contributed by atoms with Crippen molar-refractivity contribution in [3.63, 3.8) is 0 Å². The molecule has 12 heteroatoms. The van der Waals surface area contributed by atoms with E-state index in [-0.39, 0.29) is 11.4 Å². The van der Waals surface area contributed by atoms with Crippen molar-refractivity contribution in [3.8, 4) is 17.0 Å². The number of benzene rings is 2. The van der Waals surface area contributed by atoms with Crippen LogP contribution in [0.4, 0.5) is 23.9 Å². The summed E-state index contributed by atoms with van der Waals surface area (Å²) in [5.41, 5.74) is -1.08. The van der Waals surface area contributed by atoms with Crippen molar-refractivity contribution in [1.82, 2.24) is 14.7 Å². The van der Waals surface area contributed by atoms with Crippen LogP contribution in [0.1, 0.15) is 5.69 Å². The molecule has 30 heavy (non-hydrogen) atoms. The van der Waals surface area contributed by atoms with Gasteiger partial charge in [-0.25, -0.2) is 19.5 Å². The molecular weight excluding hydrogens is 425 g/mol. The van der Waals surface area contributed by atoms with Gasteiger partial charge in [-0.05, 0) is 18.2 Å². The molecule has 2 N–H and O–H groups in total. The number of rotatable bonds is 5. The number of nitrogens with zero attached hydrogens (tertiary/aromatic N) is 2. The number of aromatic nitrogens is 2. The van der Waals surface area contributed by atoms with Gasteiger partial charge in [0, 0.05) is 5.56 Å². The zero-order valence-electron chi connectivity index (χ0n) is 14.9. The third-order valence-electron chi connectivity index (χ3n) is 3.48. The molecule has 0 aliphatic rings. The largest absolute Gasteiger partial charge is 0.433 e. The second kappa shape index (κ2) is 8.37. The summed E-state index contributed by atoms with van der Waals surface area (Å²) in [6, 6.07) is 14.5. The van der Waals surface area contributed by atoms with E-state index in [9.17, 15) is 26.4 Å². The third kappa shape index (κ3) is 5.67. The van der Waals surface area contributed by atoms with E-state index in [1.54, 1.807) is 24.3 Å². The van der Waals surface area contributed by atoms with Crippen LogP contribution in [0.5, 0.6) is 5.75 Å². The first-order valence-corrected chi connectivity index (χ1v) is 9.63. The fraction of sp³-hybridized carbons (Fsp3) is 0.0556. The van der Waals surface area contributed by atoms with Crippen LogP contribution in [0, 0.1) is 0 Å². The van der Waals surface area contributed by atoms with Gasteiger partial charge in [-0.3, -0.25) is 5.32 Å². The second-order valence-electron chi connectivity index (χ2n) is 5.73. The maximum Gasteiger partial charge on any atom is 0.433 e. The van der Waals surface area contributed by atoms with Crippen molar-refractivity contribution in [2.75, 3.05) is 5.32 Å². The predicted octanol–water partition coefficient (Wildman–Crippen LogP) is 3.61. The molecule has 0 atom stereocenters. The standard InChI is InChI=1S/C18H13F3N4O4S/c19-18(20,21)15-11-14(12-7-3-1-4-8-12)22-16(23-15)24-17(26)25-30(27,28)29-13-9-5-2-6-10-13/h1-11H,(H2,22,23,24,25,26). The maximum atomic E-state index is 13.2. The van der Waals surface area contributed by atoms with Gasteiger partial charge in [0.25, 0.3) is 0 Å². The number of hydrogen-bond donors (Lipinski definition) is 2. The quantitative estimate of drug-likeness (QED) is 0.630. The Bertz CT molecular complexity index is 1140. The highest BCUT2D eigenvalue weighted by Gasteiger charge is 2.34. The van der Waals surface area contributed by atoms with Gasteiger partial charge in [0.1, 0.15) is 5.75 Å². The second-order valence-corrected chi connectivity index (χ2v) is 7.01. The number of nitrogens with one attached hydrogen (secondary N) is 2. The smallest absolute Gasteiger partial charge is 0.367 e. The average Bonchev–Trinajstić information content (AvgIpc) is 2.67. The molecule has 3 rings (SSSR count). The molecule has 0 saturated carbocycles. The third-order valence-corrected chi connectivity index (χ3v) is 4.33. The Balaban J connectivity index is 1.82. The van der Waals surface area contributed by atoms with Crippen molar-refractivity contribution < 1.29 is 30.6 Å². The van der Waals surface area contributed by atoms with Crippen LogP contribution in [0.3, 0.4) is 0 Å². The van der Waals surface area contributed by atoms with Crippen LogP contribution in [-0.4, -0.2) is 24.4 Å². The number of carbonyl (C=O) groups is 1. The van der Waals surface area contributed by atoms with E-state index in [1.807, 2.05) is 5.32 Å². The van der Waals surface area contributed by atoms with Gasteiger partial charge in [-0.15, -0.1) is 0 Å². The fourth-order valence-corrected chi connectivity index (χ4v) is 2.95. The fourth-order valence-electron chi connectivity index (χ4n) is 2.27. The molecule has 2 amide bonds. The molecule has 156 valence electrons. The van der Waals surface area contributed by atoms with Crippen LogP contribution in [-0.2, 0) is 16.5 Å². The molecule has 0 saturated heterocycles. The first-order chi connectivity index (χ1) is 14.1. The van der Waals surface area contributed by atoms with Crippen LogP contribution in [0.25, 0.3) is 11.3 Å². The van der Waals surface area contributed by atoms with Gasteiger partial charge in [-0.1, -0.05) is 48.5 Å². The number of halogens is 3. The summed E-state index contributed by atoms with van der Waals surface area (Å²) in [5, 5.41) is 1.88. The lowest BCUT2D eigenvalue weighted by Gasteiger charge is -2.12. The lowest BCUT2D eigenvalue weighted by atomic mass is 10.1. The molecule has 0 aliphatic carbocycles.